The fraction of sp³-hybridized carbons (Fsp3) is 0.692. The Kier molecular flexibility index (Phi) is 6.01. The van der Waals surface area contributed by atoms with Crippen molar-refractivity contribution in [3.05, 3.63) is 17.1 Å². The van der Waals surface area contributed by atoms with E-state index in [1.807, 2.05) is 6.92 Å². The van der Waals surface area contributed by atoms with Crippen LogP contribution in [0, 0.1) is 6.92 Å². The summed E-state index contributed by atoms with van der Waals surface area (Å²) in [5, 5.41) is 0. The summed E-state index contributed by atoms with van der Waals surface area (Å²) in [4.78, 5) is 11.4. The molecule has 0 fully saturated rings. The molecule has 0 bridgehead atoms. The summed E-state index contributed by atoms with van der Waals surface area (Å²) in [5.74, 6) is 7.12. The van der Waals surface area contributed by atoms with Crippen molar-refractivity contribution in [2.24, 2.45) is 5.84 Å². The molecule has 18 heavy (non-hydrogen) atoms. The van der Waals surface area contributed by atoms with Crippen LogP contribution in [0.15, 0.2) is 0 Å². The Hall–Kier alpha value is -1.20. The number of aryl methyl sites for hydroxylation is 1. The minimum atomic E-state index is 0.747. The van der Waals surface area contributed by atoms with Crippen molar-refractivity contribution in [1.82, 2.24) is 14.9 Å². The SMILES string of the molecule is CCc1nc(CCN(CC)CC)nc(NN)c1C. The first-order valence-corrected chi connectivity index (χ1v) is 6.71. The van der Waals surface area contributed by atoms with Gasteiger partial charge in [0.05, 0.1) is 0 Å². The van der Waals surface area contributed by atoms with Crippen molar-refractivity contribution < 1.29 is 0 Å². The molecule has 102 valence electrons. The fourth-order valence-corrected chi connectivity index (χ4v) is 2.01. The number of hydrazine groups is 1. The summed E-state index contributed by atoms with van der Waals surface area (Å²) in [5.41, 5.74) is 4.79. The van der Waals surface area contributed by atoms with Crippen LogP contribution in [0.3, 0.4) is 0 Å². The summed E-state index contributed by atoms with van der Waals surface area (Å²) in [6.45, 7) is 11.6. The predicted octanol–water partition coefficient (Wildman–Crippen LogP) is 1.52. The van der Waals surface area contributed by atoms with Gasteiger partial charge in [0.15, 0.2) is 0 Å². The van der Waals surface area contributed by atoms with E-state index in [1.54, 1.807) is 0 Å². The van der Waals surface area contributed by atoms with Gasteiger partial charge in [0.1, 0.15) is 11.6 Å². The Morgan fingerprint density at radius 1 is 1.17 bits per heavy atom. The van der Waals surface area contributed by atoms with E-state index in [0.29, 0.717) is 0 Å². The van der Waals surface area contributed by atoms with E-state index in [1.165, 1.54) is 0 Å². The largest absolute Gasteiger partial charge is 0.308 e. The summed E-state index contributed by atoms with van der Waals surface area (Å²) >= 11 is 0. The molecule has 0 atom stereocenters. The van der Waals surface area contributed by atoms with Crippen molar-refractivity contribution in [3.63, 3.8) is 0 Å². The second-order valence-electron chi connectivity index (χ2n) is 4.33. The highest BCUT2D eigenvalue weighted by atomic mass is 15.3. The monoisotopic (exact) mass is 251 g/mol. The lowest BCUT2D eigenvalue weighted by Crippen LogP contribution is -2.26. The van der Waals surface area contributed by atoms with Crippen LogP contribution < -0.4 is 11.3 Å². The fourth-order valence-electron chi connectivity index (χ4n) is 2.01. The van der Waals surface area contributed by atoms with Gasteiger partial charge in [-0.25, -0.2) is 15.8 Å². The van der Waals surface area contributed by atoms with E-state index >= 15 is 0 Å². The van der Waals surface area contributed by atoms with Gasteiger partial charge in [-0.2, -0.15) is 0 Å². The van der Waals surface area contributed by atoms with E-state index in [4.69, 9.17) is 5.84 Å². The van der Waals surface area contributed by atoms with Crippen LogP contribution >= 0.6 is 0 Å². The van der Waals surface area contributed by atoms with Crippen molar-refractivity contribution in [1.29, 1.82) is 0 Å². The number of nitrogens with one attached hydrogen (secondary N) is 1. The number of likely N-dealkylation sites (N-methyl/N-ethyl adjacent to an activating group) is 1. The Labute approximate surface area is 110 Å². The highest BCUT2D eigenvalue weighted by molar-refractivity contribution is 5.44. The lowest BCUT2D eigenvalue weighted by molar-refractivity contribution is 0.305. The highest BCUT2D eigenvalue weighted by Crippen LogP contribution is 2.15. The molecule has 0 saturated heterocycles. The van der Waals surface area contributed by atoms with Crippen LogP contribution in [-0.2, 0) is 12.8 Å². The molecule has 5 nitrogen and oxygen atoms in total. The number of hydrogen-bond acceptors (Lipinski definition) is 5. The summed E-state index contributed by atoms with van der Waals surface area (Å²) in [6, 6.07) is 0. The van der Waals surface area contributed by atoms with Crippen LogP contribution in [0.1, 0.15) is 37.9 Å². The minimum Gasteiger partial charge on any atom is -0.308 e. The molecule has 1 aromatic rings. The van der Waals surface area contributed by atoms with E-state index in [9.17, 15) is 0 Å². The Morgan fingerprint density at radius 2 is 1.83 bits per heavy atom. The molecular formula is C13H25N5. The Balaban J connectivity index is 2.82. The quantitative estimate of drug-likeness (QED) is 0.568. The van der Waals surface area contributed by atoms with Crippen LogP contribution in [0.5, 0.6) is 0 Å². The van der Waals surface area contributed by atoms with Gasteiger partial charge in [0.2, 0.25) is 0 Å². The van der Waals surface area contributed by atoms with Crippen molar-refractivity contribution in [2.45, 2.75) is 40.5 Å². The maximum Gasteiger partial charge on any atom is 0.146 e. The molecule has 1 aromatic heterocycles. The highest BCUT2D eigenvalue weighted by Gasteiger charge is 2.09. The van der Waals surface area contributed by atoms with E-state index in [0.717, 1.165) is 55.4 Å². The third-order valence-corrected chi connectivity index (χ3v) is 3.31. The molecule has 1 heterocycles. The molecular weight excluding hydrogens is 226 g/mol. The van der Waals surface area contributed by atoms with Gasteiger partial charge in [-0.1, -0.05) is 20.8 Å². The van der Waals surface area contributed by atoms with E-state index in [-0.39, 0.29) is 0 Å². The van der Waals surface area contributed by atoms with Gasteiger partial charge in [-0.15, -0.1) is 0 Å². The first kappa shape index (κ1) is 14.9. The first-order valence-electron chi connectivity index (χ1n) is 6.71. The van der Waals surface area contributed by atoms with Crippen LogP contribution in [-0.4, -0.2) is 34.5 Å². The molecule has 0 spiro atoms. The average molecular weight is 251 g/mol. The molecule has 0 aromatic carbocycles. The molecule has 0 aliphatic carbocycles. The minimum absolute atomic E-state index is 0.747. The topological polar surface area (TPSA) is 67.1 Å². The van der Waals surface area contributed by atoms with Gasteiger partial charge >= 0.3 is 0 Å². The van der Waals surface area contributed by atoms with Gasteiger partial charge in [-0.3, -0.25) is 0 Å². The molecule has 0 aliphatic heterocycles. The van der Waals surface area contributed by atoms with E-state index in [2.05, 4.69) is 41.1 Å². The molecule has 0 radical (unpaired) electrons. The second-order valence-corrected chi connectivity index (χ2v) is 4.33. The zero-order chi connectivity index (χ0) is 13.5. The predicted molar refractivity (Wildman–Crippen MR) is 75.4 cm³/mol. The zero-order valence-corrected chi connectivity index (χ0v) is 12.0. The maximum absolute atomic E-state index is 5.50. The van der Waals surface area contributed by atoms with E-state index < -0.39 is 0 Å². The first-order chi connectivity index (χ1) is 8.65. The molecule has 3 N–H and O–H groups in total. The third-order valence-electron chi connectivity index (χ3n) is 3.31. The maximum atomic E-state index is 5.50. The van der Waals surface area contributed by atoms with Gasteiger partial charge in [-0.05, 0) is 26.4 Å². The normalized spacial score (nSPS) is 11.0. The molecule has 0 aliphatic rings. The number of nitrogens with two attached hydrogens (primary N) is 1. The number of aromatic nitrogens is 2. The van der Waals surface area contributed by atoms with Crippen LogP contribution in [0.4, 0.5) is 5.82 Å². The standard InChI is InChI=1S/C13H25N5/c1-5-11-10(4)13(17-14)16-12(15-11)8-9-18(6-2)7-3/h5-9,14H2,1-4H3,(H,15,16,17). The summed E-state index contributed by atoms with van der Waals surface area (Å²) in [6.07, 6.45) is 1.77. The second kappa shape index (κ2) is 7.28. The van der Waals surface area contributed by atoms with Gasteiger partial charge in [0.25, 0.3) is 0 Å². The third kappa shape index (κ3) is 3.65. The molecule has 0 saturated carbocycles. The number of hydrogen-bond donors (Lipinski definition) is 2. The molecule has 1 rings (SSSR count). The lowest BCUT2D eigenvalue weighted by atomic mass is 10.2. The van der Waals surface area contributed by atoms with Crippen molar-refractivity contribution >= 4 is 5.82 Å². The zero-order valence-electron chi connectivity index (χ0n) is 12.0. The number of nitrogens with zero attached hydrogens (tertiary/aromatic N) is 3. The van der Waals surface area contributed by atoms with Crippen LogP contribution in [0.25, 0.3) is 0 Å². The summed E-state index contributed by atoms with van der Waals surface area (Å²) < 4.78 is 0. The van der Waals surface area contributed by atoms with Crippen molar-refractivity contribution in [3.8, 4) is 0 Å². The van der Waals surface area contributed by atoms with Gasteiger partial charge in [0, 0.05) is 24.2 Å². The molecule has 0 unspecified atom stereocenters. The number of rotatable bonds is 7. The summed E-state index contributed by atoms with van der Waals surface area (Å²) in [7, 11) is 0. The molecule has 0 amide bonds. The molecule has 5 heteroatoms. The lowest BCUT2D eigenvalue weighted by Gasteiger charge is -2.18. The van der Waals surface area contributed by atoms with Crippen LogP contribution in [0.2, 0.25) is 0 Å². The van der Waals surface area contributed by atoms with Gasteiger partial charge < -0.3 is 10.3 Å². The Bertz CT molecular complexity index is 349. The average Bonchev–Trinajstić information content (AvgIpc) is 2.41. The smallest absolute Gasteiger partial charge is 0.146 e. The Morgan fingerprint density at radius 3 is 2.33 bits per heavy atom. The number of nitrogen functional groups attached to an aromatic ring is 1. The number of anilines is 1. The van der Waals surface area contributed by atoms with Crippen molar-refractivity contribution in [2.75, 3.05) is 25.1 Å².